The average Bonchev–Trinajstić information content (AvgIpc) is 3.33. The van der Waals surface area contributed by atoms with Gasteiger partial charge in [-0.2, -0.15) is 0 Å². The fourth-order valence-electron chi connectivity index (χ4n) is 5.58. The number of carbonyl (C=O) groups excluding carboxylic acids is 3. The van der Waals surface area contributed by atoms with E-state index < -0.39 is 47.3 Å². The van der Waals surface area contributed by atoms with Crippen molar-refractivity contribution >= 4 is 64.2 Å². The average molecular weight is 542 g/mol. The highest BCUT2D eigenvalue weighted by Gasteiger charge is 2.64. The zero-order valence-electron chi connectivity index (χ0n) is 18.4. The molecule has 0 saturated carbocycles. The molecule has 3 aliphatic rings. The third-order valence-electron chi connectivity index (χ3n) is 7.09. The Morgan fingerprint density at radius 1 is 0.861 bits per heavy atom. The Balaban J connectivity index is 1.51. The number of amides is 2. The Kier molecular flexibility index (Phi) is 5.45. The molecule has 6 rings (SSSR count). The number of halogens is 4. The molecule has 0 spiro atoms. The SMILES string of the molecule is O=C(c1ccc(Cl)cc1Cl)[C@@H]1[C@@H]2C(=O)N(c3ccc(F)c(Cl)c3)C(=O)[C@H]2[C@H]2c3ccccc3C=CN12. The van der Waals surface area contributed by atoms with Crippen molar-refractivity contribution in [3.05, 3.63) is 104 Å². The summed E-state index contributed by atoms with van der Waals surface area (Å²) in [6.45, 7) is 0. The molecule has 3 aromatic carbocycles. The fraction of sp³-hybridized carbons (Fsp3) is 0.148. The van der Waals surface area contributed by atoms with Gasteiger partial charge >= 0.3 is 0 Å². The van der Waals surface area contributed by atoms with Crippen molar-refractivity contribution in [2.45, 2.75) is 12.1 Å². The molecule has 0 aliphatic carbocycles. The highest BCUT2D eigenvalue weighted by molar-refractivity contribution is 6.37. The van der Waals surface area contributed by atoms with Gasteiger partial charge in [0, 0.05) is 16.8 Å². The van der Waals surface area contributed by atoms with Gasteiger partial charge in [-0.15, -0.1) is 0 Å². The molecule has 2 amide bonds. The van der Waals surface area contributed by atoms with Crippen molar-refractivity contribution < 1.29 is 18.8 Å². The van der Waals surface area contributed by atoms with E-state index in [1.807, 2.05) is 30.3 Å². The molecule has 2 saturated heterocycles. The normalized spacial score (nSPS) is 24.1. The molecule has 9 heteroatoms. The minimum absolute atomic E-state index is 0.160. The summed E-state index contributed by atoms with van der Waals surface area (Å²) in [5, 5.41) is 0.322. The standard InChI is InChI=1S/C27H16Cl3FN2O3/c28-14-5-7-17(18(29)11-14)25(34)24-22-21(23-16-4-2-1-3-13(16)9-10-32(23)24)26(35)33(27(22)36)15-6-8-20(31)19(30)12-15/h1-12,21-24H/t21-,22-,23-,24+/m1/s1. The molecule has 0 bridgehead atoms. The maximum atomic E-state index is 13.9. The van der Waals surface area contributed by atoms with E-state index in [-0.39, 0.29) is 21.3 Å². The number of benzene rings is 3. The van der Waals surface area contributed by atoms with Crippen LogP contribution in [-0.4, -0.2) is 28.5 Å². The summed E-state index contributed by atoms with van der Waals surface area (Å²) in [7, 11) is 0. The van der Waals surface area contributed by atoms with Crippen LogP contribution in [0.3, 0.4) is 0 Å². The van der Waals surface area contributed by atoms with Crippen LogP contribution in [0.25, 0.3) is 6.08 Å². The summed E-state index contributed by atoms with van der Waals surface area (Å²) in [5.41, 5.74) is 2.11. The van der Waals surface area contributed by atoms with Crippen LogP contribution < -0.4 is 4.90 Å². The third-order valence-corrected chi connectivity index (χ3v) is 7.93. The maximum absolute atomic E-state index is 13.9. The quantitative estimate of drug-likeness (QED) is 0.293. The van der Waals surface area contributed by atoms with Crippen LogP contribution in [0.4, 0.5) is 10.1 Å². The van der Waals surface area contributed by atoms with Crippen LogP contribution in [-0.2, 0) is 9.59 Å². The maximum Gasteiger partial charge on any atom is 0.240 e. The van der Waals surface area contributed by atoms with Gasteiger partial charge < -0.3 is 4.90 Å². The van der Waals surface area contributed by atoms with Crippen LogP contribution in [0.15, 0.2) is 66.9 Å². The predicted molar refractivity (Wildman–Crippen MR) is 136 cm³/mol. The van der Waals surface area contributed by atoms with E-state index in [1.165, 1.54) is 24.3 Å². The van der Waals surface area contributed by atoms with Crippen LogP contribution in [0.5, 0.6) is 0 Å². The van der Waals surface area contributed by atoms with E-state index in [4.69, 9.17) is 34.8 Å². The number of carbonyl (C=O) groups is 3. The molecule has 3 aromatic rings. The van der Waals surface area contributed by atoms with Crippen LogP contribution >= 0.6 is 34.8 Å². The van der Waals surface area contributed by atoms with Gasteiger partial charge in [0.15, 0.2) is 5.78 Å². The van der Waals surface area contributed by atoms with E-state index in [0.29, 0.717) is 5.02 Å². The lowest BCUT2D eigenvalue weighted by Gasteiger charge is -2.35. The van der Waals surface area contributed by atoms with Crippen molar-refractivity contribution in [3.8, 4) is 0 Å². The summed E-state index contributed by atoms with van der Waals surface area (Å²) in [5.74, 6) is -3.89. The minimum Gasteiger partial charge on any atom is -0.358 e. The van der Waals surface area contributed by atoms with Gasteiger partial charge in [-0.25, -0.2) is 9.29 Å². The van der Waals surface area contributed by atoms with Gasteiger partial charge in [-0.1, -0.05) is 59.1 Å². The first-order chi connectivity index (χ1) is 17.3. The van der Waals surface area contributed by atoms with E-state index >= 15 is 0 Å². The van der Waals surface area contributed by atoms with Gasteiger partial charge in [0.1, 0.15) is 11.9 Å². The molecule has 0 unspecified atom stereocenters. The number of Topliss-reactive ketones (excluding diaryl/α,β-unsaturated/α-hetero) is 1. The number of hydrogen-bond acceptors (Lipinski definition) is 4. The third kappa shape index (κ3) is 3.32. The number of anilines is 1. The first-order valence-electron chi connectivity index (χ1n) is 11.1. The highest BCUT2D eigenvalue weighted by Crippen LogP contribution is 2.54. The second-order valence-corrected chi connectivity index (χ2v) is 10.2. The molecule has 180 valence electrons. The zero-order chi connectivity index (χ0) is 25.3. The van der Waals surface area contributed by atoms with Gasteiger partial charge in [-0.05, 0) is 53.6 Å². The molecule has 3 heterocycles. The van der Waals surface area contributed by atoms with Crippen LogP contribution in [0, 0.1) is 17.7 Å². The summed E-state index contributed by atoms with van der Waals surface area (Å²) in [6, 6.07) is 14.2. The van der Waals surface area contributed by atoms with E-state index in [1.54, 1.807) is 17.2 Å². The molecule has 3 aliphatic heterocycles. The topological polar surface area (TPSA) is 57.7 Å². The Hall–Kier alpha value is -3.19. The number of ketones is 1. The number of hydrogen-bond donors (Lipinski definition) is 0. The van der Waals surface area contributed by atoms with Crippen molar-refractivity contribution in [1.29, 1.82) is 0 Å². The summed E-state index contributed by atoms with van der Waals surface area (Å²) >= 11 is 18.4. The van der Waals surface area contributed by atoms with E-state index in [2.05, 4.69) is 0 Å². The van der Waals surface area contributed by atoms with Crippen LogP contribution in [0.2, 0.25) is 15.1 Å². The molecule has 0 N–H and O–H groups in total. The fourth-order valence-corrected chi connectivity index (χ4v) is 6.26. The van der Waals surface area contributed by atoms with Crippen LogP contribution in [0.1, 0.15) is 27.5 Å². The molecular formula is C27H16Cl3FN2O3. The number of rotatable bonds is 3. The van der Waals surface area contributed by atoms with E-state index in [9.17, 15) is 18.8 Å². The smallest absolute Gasteiger partial charge is 0.240 e. The van der Waals surface area contributed by atoms with Gasteiger partial charge in [0.25, 0.3) is 0 Å². The first kappa shape index (κ1) is 23.2. The van der Waals surface area contributed by atoms with Gasteiger partial charge in [0.05, 0.1) is 33.6 Å². The number of nitrogens with zero attached hydrogens (tertiary/aromatic N) is 2. The van der Waals surface area contributed by atoms with Gasteiger partial charge in [0.2, 0.25) is 11.8 Å². The van der Waals surface area contributed by atoms with Crippen molar-refractivity contribution in [1.82, 2.24) is 4.90 Å². The van der Waals surface area contributed by atoms with E-state index in [0.717, 1.165) is 22.1 Å². The Bertz CT molecular complexity index is 1510. The van der Waals surface area contributed by atoms with Crippen molar-refractivity contribution in [2.24, 2.45) is 11.8 Å². The Morgan fingerprint density at radius 2 is 1.61 bits per heavy atom. The van der Waals surface area contributed by atoms with Gasteiger partial charge in [-0.3, -0.25) is 14.4 Å². The summed E-state index contributed by atoms with van der Waals surface area (Å²) in [4.78, 5) is 44.4. The predicted octanol–water partition coefficient (Wildman–Crippen LogP) is 6.18. The second-order valence-electron chi connectivity index (χ2n) is 8.93. The lowest BCUT2D eigenvalue weighted by atomic mass is 9.83. The number of imide groups is 1. The monoisotopic (exact) mass is 540 g/mol. The lowest BCUT2D eigenvalue weighted by Crippen LogP contribution is -2.44. The molecule has 5 nitrogen and oxygen atoms in total. The Labute approximate surface area is 220 Å². The molecule has 2 fully saturated rings. The minimum atomic E-state index is -0.986. The Morgan fingerprint density at radius 3 is 2.36 bits per heavy atom. The molecule has 0 radical (unpaired) electrons. The number of fused-ring (bicyclic) bond motifs is 5. The molecule has 4 atom stereocenters. The second kappa shape index (κ2) is 8.44. The molecule has 36 heavy (non-hydrogen) atoms. The van der Waals surface area contributed by atoms with Crippen molar-refractivity contribution in [3.63, 3.8) is 0 Å². The zero-order valence-corrected chi connectivity index (χ0v) is 20.6. The summed E-state index contributed by atoms with van der Waals surface area (Å²) in [6.07, 6.45) is 3.63. The first-order valence-corrected chi connectivity index (χ1v) is 12.3. The lowest BCUT2D eigenvalue weighted by molar-refractivity contribution is -0.123. The largest absolute Gasteiger partial charge is 0.358 e. The molecule has 0 aromatic heterocycles. The highest BCUT2D eigenvalue weighted by atomic mass is 35.5. The van der Waals surface area contributed by atoms with Crippen molar-refractivity contribution in [2.75, 3.05) is 4.90 Å². The molecular weight excluding hydrogens is 526 g/mol. The summed E-state index contributed by atoms with van der Waals surface area (Å²) < 4.78 is 13.8.